The Bertz CT molecular complexity index is 431. The van der Waals surface area contributed by atoms with Gasteiger partial charge in [0.2, 0.25) is 0 Å². The Morgan fingerprint density at radius 2 is 2.05 bits per heavy atom. The summed E-state index contributed by atoms with van der Waals surface area (Å²) < 4.78 is 10.2. The van der Waals surface area contributed by atoms with Gasteiger partial charge in [0.1, 0.15) is 17.6 Å². The van der Waals surface area contributed by atoms with E-state index in [1.807, 2.05) is 5.94 Å². The van der Waals surface area contributed by atoms with Gasteiger partial charge in [0.25, 0.3) is 0 Å². The predicted molar refractivity (Wildman–Crippen MR) is 71.8 cm³/mol. The van der Waals surface area contributed by atoms with Crippen LogP contribution in [0, 0.1) is 0 Å². The molecule has 0 N–H and O–H groups in total. The van der Waals surface area contributed by atoms with Gasteiger partial charge in [-0.15, -0.1) is 0 Å². The Hall–Kier alpha value is -1.81. The van der Waals surface area contributed by atoms with Crippen LogP contribution in [0.4, 0.5) is 4.79 Å². The highest BCUT2D eigenvalue weighted by molar-refractivity contribution is 5.82. The van der Waals surface area contributed by atoms with E-state index in [1.165, 1.54) is 4.90 Å². The van der Waals surface area contributed by atoms with E-state index in [0.29, 0.717) is 18.4 Å². The molecular formula is C14H21NO5. The Labute approximate surface area is 118 Å². The summed E-state index contributed by atoms with van der Waals surface area (Å²) in [5.41, 5.74) is -0.213. The van der Waals surface area contributed by atoms with Crippen molar-refractivity contribution in [2.45, 2.75) is 52.2 Å². The van der Waals surface area contributed by atoms with Gasteiger partial charge in [-0.2, -0.15) is 0 Å². The van der Waals surface area contributed by atoms with E-state index in [0.717, 1.165) is 0 Å². The summed E-state index contributed by atoms with van der Waals surface area (Å²) in [5.74, 6) is 1.34. The van der Waals surface area contributed by atoms with Gasteiger partial charge in [-0.1, -0.05) is 0 Å². The summed E-state index contributed by atoms with van der Waals surface area (Å²) in [6.45, 7) is 7.23. The normalized spacial score (nSPS) is 19.3. The van der Waals surface area contributed by atoms with Crippen molar-refractivity contribution < 1.29 is 23.9 Å². The number of hydrogen-bond acceptors (Lipinski definition) is 5. The van der Waals surface area contributed by atoms with E-state index >= 15 is 0 Å². The van der Waals surface area contributed by atoms with Crippen LogP contribution in [0.1, 0.15) is 40.5 Å². The van der Waals surface area contributed by atoms with Gasteiger partial charge >= 0.3 is 12.1 Å². The average molecular weight is 283 g/mol. The maximum absolute atomic E-state index is 12.1. The first-order valence-electron chi connectivity index (χ1n) is 6.67. The molecule has 0 spiro atoms. The first kappa shape index (κ1) is 16.2. The second kappa shape index (κ2) is 6.57. The summed E-state index contributed by atoms with van der Waals surface area (Å²) in [5, 5.41) is 0. The molecule has 1 amide bonds. The fourth-order valence-electron chi connectivity index (χ4n) is 1.94. The molecule has 0 radical (unpaired) electrons. The Morgan fingerprint density at radius 3 is 2.55 bits per heavy atom. The van der Waals surface area contributed by atoms with E-state index in [9.17, 15) is 14.4 Å². The van der Waals surface area contributed by atoms with Gasteiger partial charge in [-0.25, -0.2) is 14.4 Å². The number of ether oxygens (including phenoxy) is 2. The fraction of sp³-hybridized carbons (Fsp3) is 0.714. The van der Waals surface area contributed by atoms with E-state index in [-0.39, 0.29) is 13.2 Å². The third-order valence-corrected chi connectivity index (χ3v) is 2.79. The lowest BCUT2D eigenvalue weighted by atomic mass is 9.99. The number of carbonyl (C=O) groups excluding carboxylic acids is 3. The molecule has 112 valence electrons. The standard InChI is InChI=1S/C14H21NO5/c1-5-19-12(17)11-7-6-10(9-16)8-15(11)13(18)20-14(2,3)4/h11H,5-8H2,1-4H3. The molecule has 1 fully saturated rings. The average Bonchev–Trinajstić information content (AvgIpc) is 2.36. The molecule has 1 unspecified atom stereocenters. The van der Waals surface area contributed by atoms with Crippen molar-refractivity contribution in [1.29, 1.82) is 0 Å². The van der Waals surface area contributed by atoms with Crippen LogP contribution in [-0.2, 0) is 19.1 Å². The van der Waals surface area contributed by atoms with Gasteiger partial charge in [0.15, 0.2) is 0 Å². The molecule has 0 aromatic carbocycles. The number of nitrogens with zero attached hydrogens (tertiary/aromatic N) is 1. The van der Waals surface area contributed by atoms with E-state index in [1.54, 1.807) is 27.7 Å². The lowest BCUT2D eigenvalue weighted by molar-refractivity contribution is -0.150. The smallest absolute Gasteiger partial charge is 0.411 e. The van der Waals surface area contributed by atoms with Gasteiger partial charge in [-0.05, 0) is 40.5 Å². The Morgan fingerprint density at radius 1 is 1.40 bits per heavy atom. The molecule has 20 heavy (non-hydrogen) atoms. The number of esters is 1. The highest BCUT2D eigenvalue weighted by atomic mass is 16.6. The number of rotatable bonds is 2. The van der Waals surface area contributed by atoms with Crippen molar-refractivity contribution in [1.82, 2.24) is 4.90 Å². The summed E-state index contributed by atoms with van der Waals surface area (Å²) in [4.78, 5) is 36.0. The van der Waals surface area contributed by atoms with Crippen molar-refractivity contribution in [3.8, 4) is 0 Å². The summed E-state index contributed by atoms with van der Waals surface area (Å²) >= 11 is 0. The third-order valence-electron chi connectivity index (χ3n) is 2.79. The molecule has 1 atom stereocenters. The molecule has 0 saturated carbocycles. The van der Waals surface area contributed by atoms with Crippen LogP contribution >= 0.6 is 0 Å². The summed E-state index contributed by atoms with van der Waals surface area (Å²) in [6, 6.07) is -0.707. The molecule has 1 saturated heterocycles. The number of hydrogen-bond donors (Lipinski definition) is 0. The van der Waals surface area contributed by atoms with Crippen LogP contribution in [0.5, 0.6) is 0 Å². The Balaban J connectivity index is 2.90. The quantitative estimate of drug-likeness (QED) is 0.570. The first-order chi connectivity index (χ1) is 9.28. The van der Waals surface area contributed by atoms with Crippen LogP contribution in [-0.4, -0.2) is 47.7 Å². The highest BCUT2D eigenvalue weighted by Gasteiger charge is 2.37. The molecule has 1 heterocycles. The third kappa shape index (κ3) is 4.38. The maximum Gasteiger partial charge on any atom is 0.411 e. The van der Waals surface area contributed by atoms with Crippen LogP contribution in [0.2, 0.25) is 0 Å². The second-order valence-electron chi connectivity index (χ2n) is 5.62. The number of piperidine rings is 1. The molecular weight excluding hydrogens is 262 g/mol. The Kier molecular flexibility index (Phi) is 5.34. The second-order valence-corrected chi connectivity index (χ2v) is 5.62. The van der Waals surface area contributed by atoms with E-state index < -0.39 is 23.7 Å². The van der Waals surface area contributed by atoms with Gasteiger partial charge in [0, 0.05) is 5.57 Å². The molecule has 0 aliphatic carbocycles. The molecule has 1 aliphatic rings. The first-order valence-corrected chi connectivity index (χ1v) is 6.67. The number of likely N-dealkylation sites (tertiary alicyclic amines) is 1. The largest absolute Gasteiger partial charge is 0.464 e. The van der Waals surface area contributed by atoms with Crippen LogP contribution in [0.15, 0.2) is 5.57 Å². The zero-order valence-corrected chi connectivity index (χ0v) is 12.4. The zero-order chi connectivity index (χ0) is 15.3. The van der Waals surface area contributed by atoms with Crippen LogP contribution in [0.3, 0.4) is 0 Å². The van der Waals surface area contributed by atoms with Crippen molar-refractivity contribution >= 4 is 18.0 Å². The molecule has 6 nitrogen and oxygen atoms in total. The molecule has 0 aromatic heterocycles. The minimum Gasteiger partial charge on any atom is -0.464 e. The molecule has 0 aromatic rings. The lowest BCUT2D eigenvalue weighted by Crippen LogP contribution is -2.51. The van der Waals surface area contributed by atoms with Crippen LogP contribution < -0.4 is 0 Å². The summed E-state index contributed by atoms with van der Waals surface area (Å²) in [7, 11) is 0. The van der Waals surface area contributed by atoms with Crippen molar-refractivity contribution in [2.24, 2.45) is 0 Å². The minimum atomic E-state index is -0.707. The molecule has 0 bridgehead atoms. The van der Waals surface area contributed by atoms with E-state index in [4.69, 9.17) is 9.47 Å². The fourth-order valence-corrected chi connectivity index (χ4v) is 1.94. The van der Waals surface area contributed by atoms with Crippen molar-refractivity contribution in [3.05, 3.63) is 5.57 Å². The number of amides is 1. The van der Waals surface area contributed by atoms with Gasteiger partial charge in [-0.3, -0.25) is 4.90 Å². The molecule has 1 rings (SSSR count). The highest BCUT2D eigenvalue weighted by Crippen LogP contribution is 2.23. The SMILES string of the molecule is CCOC(=O)C1CCC(=C=O)CN1C(=O)OC(C)(C)C. The predicted octanol–water partition coefficient (Wildman–Crippen LogP) is 1.71. The molecule has 6 heteroatoms. The zero-order valence-electron chi connectivity index (χ0n) is 12.4. The topological polar surface area (TPSA) is 72.9 Å². The monoisotopic (exact) mass is 283 g/mol. The maximum atomic E-state index is 12.1. The van der Waals surface area contributed by atoms with Crippen molar-refractivity contribution in [3.63, 3.8) is 0 Å². The molecule has 1 aliphatic heterocycles. The van der Waals surface area contributed by atoms with Gasteiger partial charge < -0.3 is 9.47 Å². The van der Waals surface area contributed by atoms with Crippen molar-refractivity contribution in [2.75, 3.05) is 13.2 Å². The van der Waals surface area contributed by atoms with E-state index in [2.05, 4.69) is 0 Å². The summed E-state index contributed by atoms with van der Waals surface area (Å²) in [6.07, 6.45) is 0.164. The van der Waals surface area contributed by atoms with Crippen LogP contribution in [0.25, 0.3) is 0 Å². The number of carbonyl (C=O) groups is 2. The minimum absolute atomic E-state index is 0.0574. The lowest BCUT2D eigenvalue weighted by Gasteiger charge is -2.35. The van der Waals surface area contributed by atoms with Gasteiger partial charge in [0.05, 0.1) is 13.2 Å².